The molecule has 3 aliphatic rings. The minimum atomic E-state index is -0.601. The number of benzene rings is 1. The fourth-order valence-electron chi connectivity index (χ4n) is 4.57. The van der Waals surface area contributed by atoms with Crippen LogP contribution in [0.3, 0.4) is 0 Å². The molecule has 1 aromatic rings. The lowest BCUT2D eigenvalue weighted by Crippen LogP contribution is -2.42. The van der Waals surface area contributed by atoms with Crippen molar-refractivity contribution in [2.75, 3.05) is 26.8 Å². The molecule has 8 nitrogen and oxygen atoms in total. The van der Waals surface area contributed by atoms with Gasteiger partial charge in [-0.25, -0.2) is 0 Å². The van der Waals surface area contributed by atoms with Crippen LogP contribution in [0, 0.1) is 0 Å². The van der Waals surface area contributed by atoms with Crippen molar-refractivity contribution < 1.29 is 23.9 Å². The third kappa shape index (κ3) is 5.53. The van der Waals surface area contributed by atoms with Gasteiger partial charge in [0.25, 0.3) is 11.8 Å². The average molecular weight is 444 g/mol. The third-order valence-electron chi connectivity index (χ3n) is 6.47. The highest BCUT2D eigenvalue weighted by molar-refractivity contribution is 6.04. The lowest BCUT2D eigenvalue weighted by molar-refractivity contribution is -0.134. The first-order valence-corrected chi connectivity index (χ1v) is 11.8. The number of ether oxygens (including phenoxy) is 2. The van der Waals surface area contributed by atoms with Crippen molar-refractivity contribution in [1.29, 1.82) is 0 Å². The fraction of sp³-hybridized carbons (Fsp3) is 0.625. The summed E-state index contributed by atoms with van der Waals surface area (Å²) in [4.78, 5) is 32.2. The van der Waals surface area contributed by atoms with E-state index in [1.54, 1.807) is 13.2 Å². The summed E-state index contributed by atoms with van der Waals surface area (Å²) < 4.78 is 11.2. The van der Waals surface area contributed by atoms with Gasteiger partial charge in [0.1, 0.15) is 0 Å². The molecule has 0 spiro atoms. The van der Waals surface area contributed by atoms with Gasteiger partial charge in [0, 0.05) is 31.1 Å². The second kappa shape index (κ2) is 10.7. The maximum Gasteiger partial charge on any atom is 0.264 e. The summed E-state index contributed by atoms with van der Waals surface area (Å²) in [6, 6.07) is 5.68. The van der Waals surface area contributed by atoms with Crippen molar-refractivity contribution in [2.24, 2.45) is 5.16 Å². The molecule has 0 bridgehead atoms. The van der Waals surface area contributed by atoms with E-state index >= 15 is 0 Å². The number of carbonyl (C=O) groups is 2. The van der Waals surface area contributed by atoms with Crippen molar-refractivity contribution in [1.82, 2.24) is 10.2 Å². The van der Waals surface area contributed by atoms with E-state index in [9.17, 15) is 9.59 Å². The van der Waals surface area contributed by atoms with Gasteiger partial charge in [-0.15, -0.1) is 0 Å². The molecule has 1 N–H and O–H groups in total. The standard InChI is InChI=1S/C24H33N3O5/c1-30-21-14-17(10-11-20(21)31-16-23(28)27-12-6-3-7-13-27)19-15-22(32-26-19)24(29)25-18-8-4-2-5-9-18/h10-11,14,18,22H,2-9,12-13,15-16H2,1H3,(H,25,29). The van der Waals surface area contributed by atoms with E-state index in [2.05, 4.69) is 10.5 Å². The highest BCUT2D eigenvalue weighted by atomic mass is 16.6. The molecule has 0 aromatic heterocycles. The Labute approximate surface area is 189 Å². The Morgan fingerprint density at radius 1 is 1.09 bits per heavy atom. The van der Waals surface area contributed by atoms with Crippen LogP contribution in [0.2, 0.25) is 0 Å². The maximum atomic E-state index is 12.6. The Hall–Kier alpha value is -2.77. The van der Waals surface area contributed by atoms with Gasteiger partial charge >= 0.3 is 0 Å². The average Bonchev–Trinajstić information content (AvgIpc) is 3.34. The molecule has 1 saturated heterocycles. The van der Waals surface area contributed by atoms with Crippen LogP contribution in [0.1, 0.15) is 63.4 Å². The Bertz CT molecular complexity index is 844. The molecule has 0 radical (unpaired) electrons. The van der Waals surface area contributed by atoms with Crippen LogP contribution in [-0.2, 0) is 14.4 Å². The van der Waals surface area contributed by atoms with Gasteiger partial charge < -0.3 is 24.5 Å². The van der Waals surface area contributed by atoms with Gasteiger partial charge in [-0.05, 0) is 50.3 Å². The molecular weight excluding hydrogens is 410 g/mol. The number of amides is 2. The summed E-state index contributed by atoms with van der Waals surface area (Å²) in [5, 5.41) is 7.24. The van der Waals surface area contributed by atoms with Crippen LogP contribution < -0.4 is 14.8 Å². The second-order valence-corrected chi connectivity index (χ2v) is 8.78. The quantitative estimate of drug-likeness (QED) is 0.700. The second-order valence-electron chi connectivity index (χ2n) is 8.78. The molecule has 2 heterocycles. The predicted molar refractivity (Wildman–Crippen MR) is 120 cm³/mol. The van der Waals surface area contributed by atoms with Crippen molar-refractivity contribution in [2.45, 2.75) is 69.9 Å². The zero-order valence-electron chi connectivity index (χ0n) is 18.8. The van der Waals surface area contributed by atoms with Gasteiger partial charge in [-0.1, -0.05) is 24.4 Å². The van der Waals surface area contributed by atoms with Gasteiger partial charge in [-0.3, -0.25) is 9.59 Å². The first-order valence-electron chi connectivity index (χ1n) is 11.8. The first kappa shape index (κ1) is 22.4. The Morgan fingerprint density at radius 2 is 1.84 bits per heavy atom. The van der Waals surface area contributed by atoms with E-state index in [0.29, 0.717) is 23.6 Å². The van der Waals surface area contributed by atoms with E-state index in [0.717, 1.165) is 57.2 Å². The third-order valence-corrected chi connectivity index (χ3v) is 6.47. The molecule has 174 valence electrons. The molecule has 4 rings (SSSR count). The van der Waals surface area contributed by atoms with E-state index in [4.69, 9.17) is 14.3 Å². The van der Waals surface area contributed by atoms with Gasteiger partial charge in [0.2, 0.25) is 6.10 Å². The van der Waals surface area contributed by atoms with Crippen molar-refractivity contribution in [3.05, 3.63) is 23.8 Å². The number of nitrogens with one attached hydrogen (secondary N) is 1. The molecule has 1 aromatic carbocycles. The van der Waals surface area contributed by atoms with E-state index in [1.165, 1.54) is 12.8 Å². The molecule has 1 saturated carbocycles. The van der Waals surface area contributed by atoms with Crippen molar-refractivity contribution in [3.63, 3.8) is 0 Å². The lowest BCUT2D eigenvalue weighted by atomic mass is 9.95. The monoisotopic (exact) mass is 443 g/mol. The van der Waals surface area contributed by atoms with Crippen LogP contribution in [0.15, 0.2) is 23.4 Å². The minimum Gasteiger partial charge on any atom is -0.493 e. The maximum absolute atomic E-state index is 12.6. The van der Waals surface area contributed by atoms with Crippen molar-refractivity contribution >= 4 is 17.5 Å². The number of nitrogens with zero attached hydrogens (tertiary/aromatic N) is 2. The van der Waals surface area contributed by atoms with Crippen LogP contribution in [0.25, 0.3) is 0 Å². The summed E-state index contributed by atoms with van der Waals surface area (Å²) >= 11 is 0. The van der Waals surface area contributed by atoms with E-state index < -0.39 is 6.10 Å². The number of likely N-dealkylation sites (tertiary alicyclic amines) is 1. The number of rotatable bonds is 7. The number of hydrogen-bond acceptors (Lipinski definition) is 6. The van der Waals surface area contributed by atoms with Crippen LogP contribution in [0.4, 0.5) is 0 Å². The van der Waals surface area contributed by atoms with Gasteiger partial charge in [0.05, 0.1) is 12.8 Å². The Morgan fingerprint density at radius 3 is 2.59 bits per heavy atom. The van der Waals surface area contributed by atoms with Gasteiger partial charge in [0.15, 0.2) is 18.1 Å². The number of carbonyl (C=O) groups excluding carboxylic acids is 2. The number of oxime groups is 1. The van der Waals surface area contributed by atoms with Crippen LogP contribution in [0.5, 0.6) is 11.5 Å². The number of piperidine rings is 1. The zero-order valence-corrected chi connectivity index (χ0v) is 18.8. The number of hydrogen-bond donors (Lipinski definition) is 1. The molecule has 1 unspecified atom stereocenters. The molecule has 1 aliphatic carbocycles. The molecule has 1 atom stereocenters. The van der Waals surface area contributed by atoms with E-state index in [1.807, 2.05) is 17.0 Å². The minimum absolute atomic E-state index is 0.00350. The zero-order chi connectivity index (χ0) is 22.3. The molecule has 8 heteroatoms. The van der Waals surface area contributed by atoms with Gasteiger partial charge in [-0.2, -0.15) is 0 Å². The Kier molecular flexibility index (Phi) is 7.50. The normalized spacial score (nSPS) is 21.5. The molecule has 2 aliphatic heterocycles. The molecule has 2 amide bonds. The highest BCUT2D eigenvalue weighted by Gasteiger charge is 2.31. The largest absolute Gasteiger partial charge is 0.493 e. The smallest absolute Gasteiger partial charge is 0.264 e. The molecule has 2 fully saturated rings. The highest BCUT2D eigenvalue weighted by Crippen LogP contribution is 2.30. The summed E-state index contributed by atoms with van der Waals surface area (Å²) in [5.41, 5.74) is 1.51. The van der Waals surface area contributed by atoms with Crippen LogP contribution in [-0.4, -0.2) is 61.4 Å². The van der Waals surface area contributed by atoms with E-state index in [-0.39, 0.29) is 24.5 Å². The summed E-state index contributed by atoms with van der Waals surface area (Å²) in [7, 11) is 1.56. The Balaban J connectivity index is 1.32. The fourth-order valence-corrected chi connectivity index (χ4v) is 4.57. The topological polar surface area (TPSA) is 89.5 Å². The summed E-state index contributed by atoms with van der Waals surface area (Å²) in [5.74, 6) is 0.925. The summed E-state index contributed by atoms with van der Waals surface area (Å²) in [6.45, 7) is 1.59. The molecule has 32 heavy (non-hydrogen) atoms. The SMILES string of the molecule is COc1cc(C2=NOC(C(=O)NC3CCCCC3)C2)ccc1OCC(=O)N1CCCCC1. The first-order chi connectivity index (χ1) is 15.6. The van der Waals surface area contributed by atoms with Crippen molar-refractivity contribution in [3.8, 4) is 11.5 Å². The summed E-state index contributed by atoms with van der Waals surface area (Å²) in [6.07, 6.45) is 8.72. The molecular formula is C24H33N3O5. The lowest BCUT2D eigenvalue weighted by Gasteiger charge is -2.26. The number of methoxy groups -OCH3 is 1. The van der Waals surface area contributed by atoms with Crippen LogP contribution >= 0.6 is 0 Å². The predicted octanol–water partition coefficient (Wildman–Crippen LogP) is 3.03.